The van der Waals surface area contributed by atoms with Crippen LogP contribution in [0.1, 0.15) is 29.3 Å². The van der Waals surface area contributed by atoms with Crippen molar-refractivity contribution in [1.82, 2.24) is 4.90 Å². The van der Waals surface area contributed by atoms with Crippen LogP contribution in [0.25, 0.3) is 0 Å². The molecule has 0 spiro atoms. The number of anilines is 1. The Bertz CT molecular complexity index is 764. The highest BCUT2D eigenvalue weighted by Gasteiger charge is 2.13. The number of nitrogens with one attached hydrogen (secondary N) is 1. The van der Waals surface area contributed by atoms with E-state index in [0.29, 0.717) is 24.2 Å². The lowest BCUT2D eigenvalue weighted by Crippen LogP contribution is -2.26. The summed E-state index contributed by atoms with van der Waals surface area (Å²) in [5.74, 6) is -0.281. The van der Waals surface area contributed by atoms with E-state index in [1.807, 2.05) is 0 Å². The van der Waals surface area contributed by atoms with Crippen LogP contribution in [0.4, 0.5) is 14.5 Å². The molecule has 0 aliphatic heterocycles. The number of alkyl halides is 2. The number of carbonyl (C=O) groups is 2. The zero-order chi connectivity index (χ0) is 19.1. The third-order valence-corrected chi connectivity index (χ3v) is 3.63. The van der Waals surface area contributed by atoms with Crippen LogP contribution in [0.2, 0.25) is 0 Å². The molecule has 0 saturated heterocycles. The van der Waals surface area contributed by atoms with Crippen LogP contribution in [0.3, 0.4) is 0 Å². The Hall–Kier alpha value is -2.96. The molecule has 0 aliphatic rings. The largest absolute Gasteiger partial charge is 0.435 e. The molecular weight excluding hydrogens is 342 g/mol. The summed E-state index contributed by atoms with van der Waals surface area (Å²) in [6.45, 7) is -0.819. The van der Waals surface area contributed by atoms with Gasteiger partial charge in [0.15, 0.2) is 0 Å². The van der Waals surface area contributed by atoms with Crippen molar-refractivity contribution >= 4 is 17.5 Å². The van der Waals surface area contributed by atoms with Crippen LogP contribution >= 0.6 is 0 Å². The van der Waals surface area contributed by atoms with Gasteiger partial charge in [-0.3, -0.25) is 9.59 Å². The molecule has 2 aromatic carbocycles. The normalized spacial score (nSPS) is 10.5. The molecule has 0 fully saturated rings. The quantitative estimate of drug-likeness (QED) is 0.812. The molecule has 0 saturated carbocycles. The molecule has 0 aromatic heterocycles. The monoisotopic (exact) mass is 362 g/mol. The zero-order valence-corrected chi connectivity index (χ0v) is 14.5. The fourth-order valence-corrected chi connectivity index (χ4v) is 2.32. The highest BCUT2D eigenvalue weighted by Crippen LogP contribution is 2.17. The average molecular weight is 362 g/mol. The summed E-state index contributed by atoms with van der Waals surface area (Å²) < 4.78 is 28.6. The molecule has 138 valence electrons. The minimum atomic E-state index is -2.87. The molecule has 26 heavy (non-hydrogen) atoms. The van der Waals surface area contributed by atoms with Gasteiger partial charge in [0.05, 0.1) is 0 Å². The Kier molecular flexibility index (Phi) is 6.66. The SMILES string of the molecule is CCC(=O)Nc1cccc(C(=O)N(C)Cc2ccc(OC(F)F)cc2)c1. The van der Waals surface area contributed by atoms with E-state index in [1.165, 1.54) is 17.0 Å². The molecule has 0 heterocycles. The van der Waals surface area contributed by atoms with E-state index in [4.69, 9.17) is 0 Å². The summed E-state index contributed by atoms with van der Waals surface area (Å²) in [5.41, 5.74) is 1.78. The standard InChI is InChI=1S/C19H20F2N2O3/c1-3-17(24)22-15-6-4-5-14(11-15)18(25)23(2)12-13-7-9-16(10-8-13)26-19(20)21/h4-11,19H,3,12H2,1-2H3,(H,22,24). The third-order valence-electron chi connectivity index (χ3n) is 3.63. The summed E-state index contributed by atoms with van der Waals surface area (Å²) in [6.07, 6.45) is 0.351. The van der Waals surface area contributed by atoms with E-state index in [1.54, 1.807) is 50.4 Å². The van der Waals surface area contributed by atoms with Crippen molar-refractivity contribution in [1.29, 1.82) is 0 Å². The van der Waals surface area contributed by atoms with Gasteiger partial charge in [-0.2, -0.15) is 8.78 Å². The Morgan fingerprint density at radius 2 is 1.85 bits per heavy atom. The molecule has 2 rings (SSSR count). The van der Waals surface area contributed by atoms with Gasteiger partial charge in [-0.15, -0.1) is 0 Å². The van der Waals surface area contributed by atoms with Gasteiger partial charge >= 0.3 is 6.61 Å². The minimum absolute atomic E-state index is 0.0668. The summed E-state index contributed by atoms with van der Waals surface area (Å²) in [5, 5.41) is 2.71. The van der Waals surface area contributed by atoms with Crippen LogP contribution in [0.15, 0.2) is 48.5 Å². The first-order valence-electron chi connectivity index (χ1n) is 8.08. The van der Waals surface area contributed by atoms with Crippen molar-refractivity contribution in [2.45, 2.75) is 26.5 Å². The van der Waals surface area contributed by atoms with Gasteiger partial charge in [0.2, 0.25) is 5.91 Å². The number of benzene rings is 2. The van der Waals surface area contributed by atoms with Crippen molar-refractivity contribution < 1.29 is 23.1 Å². The number of hydrogen-bond acceptors (Lipinski definition) is 3. The van der Waals surface area contributed by atoms with E-state index in [-0.39, 0.29) is 17.6 Å². The first-order valence-corrected chi connectivity index (χ1v) is 8.08. The van der Waals surface area contributed by atoms with Crippen LogP contribution in [0, 0.1) is 0 Å². The highest BCUT2D eigenvalue weighted by atomic mass is 19.3. The molecule has 7 heteroatoms. The molecule has 0 unspecified atom stereocenters. The van der Waals surface area contributed by atoms with Gasteiger partial charge in [-0.05, 0) is 35.9 Å². The number of halogens is 2. The number of nitrogens with zero attached hydrogens (tertiary/aromatic N) is 1. The summed E-state index contributed by atoms with van der Waals surface area (Å²) >= 11 is 0. The maximum atomic E-state index is 12.6. The van der Waals surface area contributed by atoms with Crippen LogP contribution in [0.5, 0.6) is 5.75 Å². The van der Waals surface area contributed by atoms with Crippen molar-refractivity contribution in [3.05, 3.63) is 59.7 Å². The van der Waals surface area contributed by atoms with Crippen LogP contribution < -0.4 is 10.1 Å². The van der Waals surface area contributed by atoms with Crippen molar-refractivity contribution in [3.63, 3.8) is 0 Å². The van der Waals surface area contributed by atoms with Gasteiger partial charge in [0.1, 0.15) is 5.75 Å². The van der Waals surface area contributed by atoms with Gasteiger partial charge < -0.3 is 15.0 Å². The van der Waals surface area contributed by atoms with Crippen molar-refractivity contribution in [3.8, 4) is 5.75 Å². The van der Waals surface area contributed by atoms with Crippen molar-refractivity contribution in [2.24, 2.45) is 0 Å². The van der Waals surface area contributed by atoms with E-state index in [2.05, 4.69) is 10.1 Å². The number of rotatable bonds is 7. The predicted molar refractivity (Wildman–Crippen MR) is 94.2 cm³/mol. The second-order valence-corrected chi connectivity index (χ2v) is 5.67. The second kappa shape index (κ2) is 8.94. The lowest BCUT2D eigenvalue weighted by molar-refractivity contribution is -0.115. The Morgan fingerprint density at radius 1 is 1.15 bits per heavy atom. The maximum Gasteiger partial charge on any atom is 0.387 e. The maximum absolute atomic E-state index is 12.6. The van der Waals surface area contributed by atoms with Gasteiger partial charge in [0, 0.05) is 31.3 Å². The average Bonchev–Trinajstić information content (AvgIpc) is 2.62. The van der Waals surface area contributed by atoms with E-state index in [9.17, 15) is 18.4 Å². The van der Waals surface area contributed by atoms with Crippen LogP contribution in [-0.4, -0.2) is 30.4 Å². The molecule has 0 aliphatic carbocycles. The van der Waals surface area contributed by atoms with Gasteiger partial charge in [0.25, 0.3) is 5.91 Å². The summed E-state index contributed by atoms with van der Waals surface area (Å²) in [6, 6.07) is 12.8. The summed E-state index contributed by atoms with van der Waals surface area (Å²) in [7, 11) is 1.64. The molecule has 2 amide bonds. The fraction of sp³-hybridized carbons (Fsp3) is 0.263. The predicted octanol–water partition coefficient (Wildman–Crippen LogP) is 3.91. The molecule has 0 radical (unpaired) electrons. The smallest absolute Gasteiger partial charge is 0.387 e. The van der Waals surface area contributed by atoms with Crippen molar-refractivity contribution in [2.75, 3.05) is 12.4 Å². The van der Waals surface area contributed by atoms with E-state index < -0.39 is 6.61 Å². The number of carbonyl (C=O) groups excluding carboxylic acids is 2. The van der Waals surface area contributed by atoms with E-state index >= 15 is 0 Å². The molecule has 1 N–H and O–H groups in total. The Morgan fingerprint density at radius 3 is 2.46 bits per heavy atom. The van der Waals surface area contributed by atoms with Crippen LogP contribution in [-0.2, 0) is 11.3 Å². The lowest BCUT2D eigenvalue weighted by atomic mass is 10.1. The molecule has 5 nitrogen and oxygen atoms in total. The molecule has 2 aromatic rings. The molecule has 0 bridgehead atoms. The number of amides is 2. The number of ether oxygens (including phenoxy) is 1. The third kappa shape index (κ3) is 5.54. The van der Waals surface area contributed by atoms with E-state index in [0.717, 1.165) is 5.56 Å². The first kappa shape index (κ1) is 19.4. The zero-order valence-electron chi connectivity index (χ0n) is 14.5. The number of hydrogen-bond donors (Lipinski definition) is 1. The Labute approximate surface area is 150 Å². The summed E-state index contributed by atoms with van der Waals surface area (Å²) in [4.78, 5) is 25.5. The molecule has 0 atom stereocenters. The first-order chi connectivity index (χ1) is 12.4. The second-order valence-electron chi connectivity index (χ2n) is 5.67. The van der Waals surface area contributed by atoms with Gasteiger partial charge in [-0.1, -0.05) is 25.1 Å². The Balaban J connectivity index is 2.03. The molecular formula is C19H20F2N2O3. The lowest BCUT2D eigenvalue weighted by Gasteiger charge is -2.18. The van der Waals surface area contributed by atoms with Gasteiger partial charge in [-0.25, -0.2) is 0 Å². The minimum Gasteiger partial charge on any atom is -0.435 e. The highest BCUT2D eigenvalue weighted by molar-refractivity contribution is 5.97. The fourth-order valence-electron chi connectivity index (χ4n) is 2.32. The topological polar surface area (TPSA) is 58.6 Å².